The minimum Gasteiger partial charge on any atom is -0.494 e. The number of carbonyl (C=O) groups is 2. The molecule has 3 rings (SSSR count). The van der Waals surface area contributed by atoms with Gasteiger partial charge in [0.1, 0.15) is 16.6 Å². The first-order valence-corrected chi connectivity index (χ1v) is 12.3. The lowest BCUT2D eigenvalue weighted by molar-refractivity contribution is -0.126. The van der Waals surface area contributed by atoms with Gasteiger partial charge in [-0.2, -0.15) is 0 Å². The van der Waals surface area contributed by atoms with Crippen molar-refractivity contribution >= 4 is 99.7 Å². The monoisotopic (exact) mass is 632 g/mol. The zero-order valence-corrected chi connectivity index (χ0v) is 22.0. The number of rotatable bonds is 6. The van der Waals surface area contributed by atoms with Crippen molar-refractivity contribution in [2.24, 2.45) is 0 Å². The summed E-state index contributed by atoms with van der Waals surface area (Å²) in [7, 11) is 0. The highest BCUT2D eigenvalue weighted by atomic mass is 79.9. The summed E-state index contributed by atoms with van der Waals surface area (Å²) in [6.07, 6.45) is 1.76. The van der Waals surface area contributed by atoms with E-state index >= 15 is 0 Å². The molecule has 1 N–H and O–H groups in total. The van der Waals surface area contributed by atoms with Crippen LogP contribution in [0, 0.1) is 0 Å². The molecule has 5 nitrogen and oxygen atoms in total. The van der Waals surface area contributed by atoms with E-state index in [1.54, 1.807) is 6.08 Å². The van der Waals surface area contributed by atoms with Crippen LogP contribution in [-0.2, 0) is 9.59 Å². The molecule has 0 radical (unpaired) electrons. The van der Waals surface area contributed by atoms with Crippen LogP contribution in [0.15, 0.2) is 54.7 Å². The second-order valence-corrected chi connectivity index (χ2v) is 10.4. The van der Waals surface area contributed by atoms with Crippen LogP contribution in [0.2, 0.25) is 0 Å². The number of hydrogen-bond donors (Lipinski definition) is 1. The Balaban J connectivity index is 1.69. The molecule has 0 atom stereocenters. The molecule has 0 aliphatic carbocycles. The lowest BCUT2D eigenvalue weighted by atomic mass is 10.2. The van der Waals surface area contributed by atoms with Crippen molar-refractivity contribution in [3.63, 3.8) is 0 Å². The van der Waals surface area contributed by atoms with Crippen molar-refractivity contribution in [2.45, 2.75) is 6.92 Å². The van der Waals surface area contributed by atoms with Crippen LogP contribution in [0.3, 0.4) is 0 Å². The molecule has 2 aromatic rings. The Labute approximate surface area is 209 Å². The number of thioether (sulfide) groups is 1. The van der Waals surface area contributed by atoms with Crippen molar-refractivity contribution in [3.8, 4) is 5.75 Å². The van der Waals surface area contributed by atoms with E-state index in [2.05, 4.69) is 53.1 Å². The minimum atomic E-state index is -0.350. The van der Waals surface area contributed by atoms with E-state index in [1.807, 2.05) is 43.3 Å². The molecular formula is C20H15Br3N2O3S2. The van der Waals surface area contributed by atoms with Gasteiger partial charge in [-0.15, -0.1) is 0 Å². The predicted molar refractivity (Wildman–Crippen MR) is 136 cm³/mol. The third-order valence-corrected chi connectivity index (χ3v) is 7.02. The molecule has 0 bridgehead atoms. The summed E-state index contributed by atoms with van der Waals surface area (Å²) < 4.78 is 8.04. The fourth-order valence-corrected chi connectivity index (χ4v) is 6.31. The maximum atomic E-state index is 12.8. The van der Waals surface area contributed by atoms with Crippen LogP contribution in [0.25, 0.3) is 6.08 Å². The van der Waals surface area contributed by atoms with E-state index in [0.29, 0.717) is 30.5 Å². The average molecular weight is 635 g/mol. The average Bonchev–Trinajstić information content (AvgIpc) is 2.94. The number of ether oxygens (including phenoxy) is 1. The topological polar surface area (TPSA) is 58.6 Å². The summed E-state index contributed by atoms with van der Waals surface area (Å²) in [6.45, 7) is 2.34. The number of hydrogen-bond acceptors (Lipinski definition) is 5. The highest BCUT2D eigenvalue weighted by molar-refractivity contribution is 9.11. The predicted octanol–water partition coefficient (Wildman–Crippen LogP) is 6.21. The van der Waals surface area contributed by atoms with Gasteiger partial charge in [-0.25, -0.2) is 0 Å². The first-order valence-electron chi connectivity index (χ1n) is 8.71. The Hall–Kier alpha value is -1.20. The highest BCUT2D eigenvalue weighted by Gasteiger charge is 2.33. The van der Waals surface area contributed by atoms with Gasteiger partial charge < -0.3 is 10.1 Å². The van der Waals surface area contributed by atoms with E-state index in [1.165, 1.54) is 16.7 Å². The molecule has 2 aromatic carbocycles. The van der Waals surface area contributed by atoms with E-state index < -0.39 is 0 Å². The molecule has 0 aromatic heterocycles. The molecule has 0 saturated carbocycles. The van der Waals surface area contributed by atoms with Gasteiger partial charge in [-0.05, 0) is 74.7 Å². The zero-order valence-electron chi connectivity index (χ0n) is 15.6. The lowest BCUT2D eigenvalue weighted by Crippen LogP contribution is -2.36. The first kappa shape index (κ1) is 23.5. The normalized spacial score (nSPS) is 15.1. The quantitative estimate of drug-likeness (QED) is 0.302. The van der Waals surface area contributed by atoms with Gasteiger partial charge in [0.15, 0.2) is 0 Å². The van der Waals surface area contributed by atoms with Gasteiger partial charge in [0.05, 0.1) is 17.2 Å². The molecule has 156 valence electrons. The van der Waals surface area contributed by atoms with Crippen LogP contribution < -0.4 is 10.1 Å². The highest BCUT2D eigenvalue weighted by Crippen LogP contribution is 2.35. The lowest BCUT2D eigenvalue weighted by Gasteiger charge is -2.15. The van der Waals surface area contributed by atoms with Crippen molar-refractivity contribution in [1.29, 1.82) is 0 Å². The number of anilines is 1. The molecule has 0 spiro atoms. The summed E-state index contributed by atoms with van der Waals surface area (Å²) >= 11 is 16.7. The van der Waals surface area contributed by atoms with Gasteiger partial charge >= 0.3 is 0 Å². The van der Waals surface area contributed by atoms with Crippen LogP contribution in [-0.4, -0.2) is 34.2 Å². The number of nitrogens with one attached hydrogen (secondary N) is 1. The fourth-order valence-electron chi connectivity index (χ4n) is 2.60. The van der Waals surface area contributed by atoms with Gasteiger partial charge in [0.25, 0.3) is 5.91 Å². The van der Waals surface area contributed by atoms with E-state index in [4.69, 9.17) is 17.0 Å². The molecule has 1 saturated heterocycles. The molecule has 1 fully saturated rings. The first-order chi connectivity index (χ1) is 14.3. The molecule has 10 heteroatoms. The van der Waals surface area contributed by atoms with Crippen LogP contribution >= 0.6 is 71.8 Å². The van der Waals surface area contributed by atoms with Gasteiger partial charge in [-0.3, -0.25) is 14.5 Å². The maximum absolute atomic E-state index is 12.8. The number of carbonyl (C=O) groups excluding carboxylic acids is 2. The van der Waals surface area contributed by atoms with E-state index in [-0.39, 0.29) is 18.4 Å². The van der Waals surface area contributed by atoms with Crippen LogP contribution in [0.5, 0.6) is 5.75 Å². The molecule has 1 aliphatic rings. The van der Waals surface area contributed by atoms with Gasteiger partial charge in [-0.1, -0.05) is 52.0 Å². The SMILES string of the molecule is CCOc1ccc(C=C2SC(=S)N(CC(=O)Nc3c(Br)cc(Br)cc3Br)C2=O)cc1. The summed E-state index contributed by atoms with van der Waals surface area (Å²) in [6, 6.07) is 11.1. The minimum absolute atomic E-state index is 0.166. The number of amides is 2. The maximum Gasteiger partial charge on any atom is 0.266 e. The smallest absolute Gasteiger partial charge is 0.266 e. The van der Waals surface area contributed by atoms with E-state index in [0.717, 1.165) is 15.8 Å². The van der Waals surface area contributed by atoms with Gasteiger partial charge in [0, 0.05) is 13.4 Å². The summed E-state index contributed by atoms with van der Waals surface area (Å²) in [4.78, 5) is 27.1. The Bertz CT molecular complexity index is 1020. The number of benzene rings is 2. The van der Waals surface area contributed by atoms with Crippen molar-refractivity contribution in [1.82, 2.24) is 4.90 Å². The molecule has 0 unspecified atom stereocenters. The van der Waals surface area contributed by atoms with Crippen LogP contribution in [0.1, 0.15) is 12.5 Å². The second kappa shape index (κ2) is 10.4. The zero-order chi connectivity index (χ0) is 21.8. The standard InChI is InChI=1S/C20H15Br3N2O3S2/c1-2-28-13-5-3-11(4-6-13)7-16-19(27)25(20(29)30-16)10-17(26)24-18-14(22)8-12(21)9-15(18)23/h3-9H,2,10H2,1H3,(H,24,26). The molecule has 30 heavy (non-hydrogen) atoms. The third-order valence-electron chi connectivity index (χ3n) is 3.94. The number of halogens is 3. The third kappa shape index (κ3) is 5.73. The Morgan fingerprint density at radius 2 is 1.83 bits per heavy atom. The largest absolute Gasteiger partial charge is 0.494 e. The summed E-state index contributed by atoms with van der Waals surface area (Å²) in [5, 5.41) is 2.81. The molecule has 1 aliphatic heterocycles. The van der Waals surface area contributed by atoms with Crippen LogP contribution in [0.4, 0.5) is 5.69 Å². The van der Waals surface area contributed by atoms with Crippen molar-refractivity contribution in [2.75, 3.05) is 18.5 Å². The molecule has 1 heterocycles. The summed E-state index contributed by atoms with van der Waals surface area (Å²) in [5.41, 5.74) is 1.43. The summed E-state index contributed by atoms with van der Waals surface area (Å²) in [5.74, 6) is 0.129. The number of nitrogens with zero attached hydrogens (tertiary/aromatic N) is 1. The van der Waals surface area contributed by atoms with Crippen molar-refractivity contribution in [3.05, 3.63) is 60.3 Å². The number of thiocarbonyl (C=S) groups is 1. The Kier molecular flexibility index (Phi) is 8.14. The Morgan fingerprint density at radius 3 is 2.43 bits per heavy atom. The molecular weight excluding hydrogens is 620 g/mol. The fraction of sp³-hybridized carbons (Fsp3) is 0.150. The van der Waals surface area contributed by atoms with E-state index in [9.17, 15) is 9.59 Å². The second-order valence-electron chi connectivity index (χ2n) is 6.06. The van der Waals surface area contributed by atoms with Crippen molar-refractivity contribution < 1.29 is 14.3 Å². The molecule has 2 amide bonds. The Morgan fingerprint density at radius 1 is 1.20 bits per heavy atom. The van der Waals surface area contributed by atoms with Gasteiger partial charge in [0.2, 0.25) is 5.91 Å².